The monoisotopic (exact) mass is 298 g/mol. The van der Waals surface area contributed by atoms with E-state index < -0.39 is 18.2 Å². The third-order valence-electron chi connectivity index (χ3n) is 2.62. The van der Waals surface area contributed by atoms with Crippen molar-refractivity contribution in [3.05, 3.63) is 48.0 Å². The zero-order valence-electron chi connectivity index (χ0n) is 10.9. The van der Waals surface area contributed by atoms with E-state index in [-0.39, 0.29) is 18.0 Å². The minimum Gasteiger partial charge on any atom is -0.491 e. The normalized spacial score (nSPS) is 10.7. The van der Waals surface area contributed by atoms with Crippen LogP contribution in [0.25, 0.3) is 0 Å². The molecule has 0 aliphatic carbocycles. The van der Waals surface area contributed by atoms with Gasteiger partial charge in [0.2, 0.25) is 0 Å². The summed E-state index contributed by atoms with van der Waals surface area (Å²) in [5, 5.41) is 0. The van der Waals surface area contributed by atoms with Crippen molar-refractivity contribution in [1.82, 2.24) is 4.98 Å². The standard InChI is InChI=1S/C14H13F3N2O2/c15-10-7-11(18)13(8-12(10)21-14(16)17)20-6-4-9-3-1-2-5-19-9/h1-3,5,7-8,14H,4,6,18H2. The first-order chi connectivity index (χ1) is 10.1. The number of aromatic nitrogens is 1. The smallest absolute Gasteiger partial charge is 0.387 e. The van der Waals surface area contributed by atoms with Crippen LogP contribution in [-0.2, 0) is 6.42 Å². The first kappa shape index (κ1) is 15.0. The highest BCUT2D eigenvalue weighted by Crippen LogP contribution is 2.31. The van der Waals surface area contributed by atoms with Crippen LogP contribution in [0.3, 0.4) is 0 Å². The van der Waals surface area contributed by atoms with Gasteiger partial charge in [0, 0.05) is 30.4 Å². The van der Waals surface area contributed by atoms with E-state index in [1.807, 2.05) is 12.1 Å². The van der Waals surface area contributed by atoms with Crippen molar-refractivity contribution in [2.24, 2.45) is 0 Å². The van der Waals surface area contributed by atoms with E-state index in [4.69, 9.17) is 10.5 Å². The third kappa shape index (κ3) is 4.27. The maximum atomic E-state index is 13.4. The van der Waals surface area contributed by atoms with Gasteiger partial charge in [0.15, 0.2) is 11.6 Å². The molecule has 7 heteroatoms. The second-order valence-corrected chi connectivity index (χ2v) is 4.12. The van der Waals surface area contributed by atoms with Gasteiger partial charge < -0.3 is 15.2 Å². The number of hydrogen-bond donors (Lipinski definition) is 1. The zero-order valence-corrected chi connectivity index (χ0v) is 10.9. The van der Waals surface area contributed by atoms with Crippen LogP contribution in [0, 0.1) is 5.82 Å². The minimum atomic E-state index is -3.12. The summed E-state index contributed by atoms with van der Waals surface area (Å²) in [7, 11) is 0. The molecule has 0 saturated carbocycles. The number of halogens is 3. The van der Waals surface area contributed by atoms with Crippen LogP contribution >= 0.6 is 0 Å². The van der Waals surface area contributed by atoms with Crippen LogP contribution in [0.15, 0.2) is 36.5 Å². The topological polar surface area (TPSA) is 57.4 Å². The van der Waals surface area contributed by atoms with Crippen molar-refractivity contribution < 1.29 is 22.6 Å². The highest BCUT2D eigenvalue weighted by atomic mass is 19.3. The first-order valence-electron chi connectivity index (χ1n) is 6.13. The number of nitrogens with zero attached hydrogens (tertiary/aromatic N) is 1. The van der Waals surface area contributed by atoms with Crippen molar-refractivity contribution >= 4 is 5.69 Å². The maximum absolute atomic E-state index is 13.4. The van der Waals surface area contributed by atoms with Gasteiger partial charge in [-0.05, 0) is 12.1 Å². The van der Waals surface area contributed by atoms with E-state index in [0.29, 0.717) is 6.42 Å². The summed E-state index contributed by atoms with van der Waals surface area (Å²) < 4.78 is 47.1. The molecule has 0 spiro atoms. The summed E-state index contributed by atoms with van der Waals surface area (Å²) in [5.41, 5.74) is 6.39. The third-order valence-corrected chi connectivity index (χ3v) is 2.62. The van der Waals surface area contributed by atoms with E-state index in [0.717, 1.165) is 17.8 Å². The fraction of sp³-hybridized carbons (Fsp3) is 0.214. The number of ether oxygens (including phenoxy) is 2. The molecule has 0 saturated heterocycles. The number of hydrogen-bond acceptors (Lipinski definition) is 4. The summed E-state index contributed by atoms with van der Waals surface area (Å²) in [5.74, 6) is -1.49. The van der Waals surface area contributed by atoms with Crippen molar-refractivity contribution in [3.8, 4) is 11.5 Å². The molecule has 4 nitrogen and oxygen atoms in total. The molecule has 2 N–H and O–H groups in total. The largest absolute Gasteiger partial charge is 0.491 e. The molecule has 0 bridgehead atoms. The molecule has 112 valence electrons. The van der Waals surface area contributed by atoms with Crippen LogP contribution < -0.4 is 15.2 Å². The molecule has 2 aromatic rings. The fourth-order valence-corrected chi connectivity index (χ4v) is 1.67. The molecule has 21 heavy (non-hydrogen) atoms. The van der Waals surface area contributed by atoms with Gasteiger partial charge in [-0.3, -0.25) is 4.98 Å². The summed E-state index contributed by atoms with van der Waals surface area (Å²) in [6.07, 6.45) is 2.15. The van der Waals surface area contributed by atoms with Gasteiger partial charge in [0.05, 0.1) is 12.3 Å². The summed E-state index contributed by atoms with van der Waals surface area (Å²) in [4.78, 5) is 4.11. The highest BCUT2D eigenvalue weighted by molar-refractivity contribution is 5.56. The Morgan fingerprint density at radius 2 is 2.00 bits per heavy atom. The molecule has 1 heterocycles. The Hall–Kier alpha value is -2.44. The Balaban J connectivity index is 2.02. The minimum absolute atomic E-state index is 0.00939. The molecule has 0 radical (unpaired) electrons. The van der Waals surface area contributed by atoms with Gasteiger partial charge in [-0.2, -0.15) is 8.78 Å². The van der Waals surface area contributed by atoms with Crippen molar-refractivity contribution in [3.63, 3.8) is 0 Å². The first-order valence-corrected chi connectivity index (χ1v) is 6.13. The van der Waals surface area contributed by atoms with E-state index in [1.165, 1.54) is 0 Å². The van der Waals surface area contributed by atoms with Gasteiger partial charge in [0.1, 0.15) is 5.75 Å². The van der Waals surface area contributed by atoms with Gasteiger partial charge in [-0.25, -0.2) is 4.39 Å². The van der Waals surface area contributed by atoms with E-state index >= 15 is 0 Å². The van der Waals surface area contributed by atoms with Gasteiger partial charge >= 0.3 is 6.61 Å². The Morgan fingerprint density at radius 3 is 2.67 bits per heavy atom. The molecule has 0 atom stereocenters. The SMILES string of the molecule is Nc1cc(F)c(OC(F)F)cc1OCCc1ccccn1. The van der Waals surface area contributed by atoms with E-state index in [1.54, 1.807) is 12.3 Å². The van der Waals surface area contributed by atoms with E-state index in [2.05, 4.69) is 9.72 Å². The molecule has 1 aromatic heterocycles. The Morgan fingerprint density at radius 1 is 1.19 bits per heavy atom. The quantitative estimate of drug-likeness (QED) is 0.833. The second kappa shape index (κ2) is 6.83. The zero-order chi connectivity index (χ0) is 15.2. The molecule has 2 rings (SSSR count). The van der Waals surface area contributed by atoms with Crippen LogP contribution in [0.4, 0.5) is 18.9 Å². The summed E-state index contributed by atoms with van der Waals surface area (Å²) >= 11 is 0. The van der Waals surface area contributed by atoms with Gasteiger partial charge in [0.25, 0.3) is 0 Å². The number of nitrogens with two attached hydrogens (primary N) is 1. The summed E-state index contributed by atoms with van der Waals surface area (Å²) in [6, 6.07) is 7.34. The van der Waals surface area contributed by atoms with Gasteiger partial charge in [-0.1, -0.05) is 6.07 Å². The average molecular weight is 298 g/mol. The number of pyridine rings is 1. The van der Waals surface area contributed by atoms with Crippen LogP contribution in [0.2, 0.25) is 0 Å². The highest BCUT2D eigenvalue weighted by Gasteiger charge is 2.14. The predicted octanol–water partition coefficient (Wildman–Crippen LogP) is 3.03. The summed E-state index contributed by atoms with van der Waals surface area (Å²) in [6.45, 7) is -2.90. The van der Waals surface area contributed by atoms with Crippen LogP contribution in [-0.4, -0.2) is 18.2 Å². The molecule has 0 unspecified atom stereocenters. The molecule has 0 fully saturated rings. The number of benzene rings is 1. The van der Waals surface area contributed by atoms with E-state index in [9.17, 15) is 13.2 Å². The predicted molar refractivity (Wildman–Crippen MR) is 70.9 cm³/mol. The number of alkyl halides is 2. The lowest BCUT2D eigenvalue weighted by Gasteiger charge is -2.12. The lowest BCUT2D eigenvalue weighted by atomic mass is 10.2. The van der Waals surface area contributed by atoms with Crippen LogP contribution in [0.1, 0.15) is 5.69 Å². The lowest BCUT2D eigenvalue weighted by molar-refractivity contribution is -0.0522. The molecule has 0 amide bonds. The average Bonchev–Trinajstić information content (AvgIpc) is 2.44. The van der Waals surface area contributed by atoms with Crippen molar-refractivity contribution in [2.45, 2.75) is 13.0 Å². The number of nitrogen functional groups attached to an aromatic ring is 1. The Labute approximate surface area is 119 Å². The molecule has 0 aliphatic heterocycles. The number of anilines is 1. The van der Waals surface area contributed by atoms with Crippen molar-refractivity contribution in [2.75, 3.05) is 12.3 Å². The maximum Gasteiger partial charge on any atom is 0.387 e. The molecule has 0 aliphatic rings. The van der Waals surface area contributed by atoms with Crippen LogP contribution in [0.5, 0.6) is 11.5 Å². The Kier molecular flexibility index (Phi) is 4.86. The number of rotatable bonds is 6. The fourth-order valence-electron chi connectivity index (χ4n) is 1.67. The van der Waals surface area contributed by atoms with Crippen molar-refractivity contribution in [1.29, 1.82) is 0 Å². The molecular formula is C14H13F3N2O2. The molecule has 1 aromatic carbocycles. The Bertz CT molecular complexity index is 594. The lowest BCUT2D eigenvalue weighted by Crippen LogP contribution is -2.07. The second-order valence-electron chi connectivity index (χ2n) is 4.12. The van der Waals surface area contributed by atoms with Gasteiger partial charge in [-0.15, -0.1) is 0 Å². The molecular weight excluding hydrogens is 285 g/mol.